The molecule has 1 aliphatic heterocycles. The molecule has 0 spiro atoms. The lowest BCUT2D eigenvalue weighted by Crippen LogP contribution is -2.22. The molecule has 1 saturated heterocycles. The van der Waals surface area contributed by atoms with Crippen molar-refractivity contribution >= 4 is 5.97 Å². The summed E-state index contributed by atoms with van der Waals surface area (Å²) in [6.07, 6.45) is 1.21. The second kappa shape index (κ2) is 3.69. The van der Waals surface area contributed by atoms with Crippen LogP contribution in [0.1, 0.15) is 19.3 Å². The SMILES string of the molecule is O=C(O)CC[C@@H]1C[C@@H](O)CN1. The van der Waals surface area contributed by atoms with Gasteiger partial charge < -0.3 is 15.5 Å². The van der Waals surface area contributed by atoms with Gasteiger partial charge in [-0.05, 0) is 12.8 Å². The van der Waals surface area contributed by atoms with Gasteiger partial charge in [0.25, 0.3) is 0 Å². The monoisotopic (exact) mass is 159 g/mol. The summed E-state index contributed by atoms with van der Waals surface area (Å²) in [6, 6.07) is 0.195. The lowest BCUT2D eigenvalue weighted by atomic mass is 10.1. The molecule has 0 saturated carbocycles. The van der Waals surface area contributed by atoms with Gasteiger partial charge in [-0.2, -0.15) is 0 Å². The van der Waals surface area contributed by atoms with Crippen LogP contribution in [0.5, 0.6) is 0 Å². The van der Waals surface area contributed by atoms with Crippen LogP contribution in [0.4, 0.5) is 0 Å². The van der Waals surface area contributed by atoms with Crippen LogP contribution in [0.25, 0.3) is 0 Å². The third-order valence-corrected chi connectivity index (χ3v) is 1.91. The lowest BCUT2D eigenvalue weighted by Gasteiger charge is -2.06. The summed E-state index contributed by atoms with van der Waals surface area (Å²) in [6.45, 7) is 0.601. The van der Waals surface area contributed by atoms with Crippen LogP contribution in [-0.2, 0) is 4.79 Å². The number of aliphatic hydroxyl groups excluding tert-OH is 1. The van der Waals surface area contributed by atoms with Gasteiger partial charge in [0, 0.05) is 19.0 Å². The minimum Gasteiger partial charge on any atom is -0.481 e. The summed E-state index contributed by atoms with van der Waals surface area (Å²) in [5.41, 5.74) is 0. The van der Waals surface area contributed by atoms with Crippen molar-refractivity contribution in [3.8, 4) is 0 Å². The standard InChI is InChI=1S/C7H13NO3/c9-6-3-5(8-4-6)1-2-7(10)11/h5-6,8-9H,1-4H2,(H,10,11)/t5-,6-/m1/s1. The van der Waals surface area contributed by atoms with E-state index >= 15 is 0 Å². The van der Waals surface area contributed by atoms with Crippen molar-refractivity contribution in [2.75, 3.05) is 6.54 Å². The van der Waals surface area contributed by atoms with Gasteiger partial charge in [0.1, 0.15) is 0 Å². The van der Waals surface area contributed by atoms with Crippen molar-refractivity contribution in [2.24, 2.45) is 0 Å². The van der Waals surface area contributed by atoms with Gasteiger partial charge in [-0.3, -0.25) is 4.79 Å². The predicted molar refractivity (Wildman–Crippen MR) is 39.3 cm³/mol. The van der Waals surface area contributed by atoms with E-state index in [2.05, 4.69) is 5.32 Å². The van der Waals surface area contributed by atoms with Crippen LogP contribution in [-0.4, -0.2) is 34.9 Å². The van der Waals surface area contributed by atoms with E-state index in [1.165, 1.54) is 0 Å². The Balaban J connectivity index is 2.13. The zero-order chi connectivity index (χ0) is 8.27. The highest BCUT2D eigenvalue weighted by atomic mass is 16.4. The molecule has 0 radical (unpaired) electrons. The highest BCUT2D eigenvalue weighted by molar-refractivity contribution is 5.66. The molecule has 4 nitrogen and oxygen atoms in total. The maximum Gasteiger partial charge on any atom is 0.303 e. The minimum absolute atomic E-state index is 0.185. The highest BCUT2D eigenvalue weighted by Gasteiger charge is 2.21. The van der Waals surface area contributed by atoms with Gasteiger partial charge in [0.2, 0.25) is 0 Å². The molecule has 2 atom stereocenters. The molecule has 64 valence electrons. The number of nitrogens with one attached hydrogen (secondary N) is 1. The van der Waals surface area contributed by atoms with Crippen LogP contribution >= 0.6 is 0 Å². The summed E-state index contributed by atoms with van der Waals surface area (Å²) in [5.74, 6) is -0.770. The molecule has 0 unspecified atom stereocenters. The summed E-state index contributed by atoms with van der Waals surface area (Å²) in [5, 5.41) is 20.5. The first kappa shape index (κ1) is 8.49. The van der Waals surface area contributed by atoms with E-state index in [0.717, 1.165) is 0 Å². The number of hydrogen-bond acceptors (Lipinski definition) is 3. The van der Waals surface area contributed by atoms with E-state index < -0.39 is 5.97 Å². The van der Waals surface area contributed by atoms with Gasteiger partial charge in [0.05, 0.1) is 6.10 Å². The topological polar surface area (TPSA) is 69.6 Å². The van der Waals surface area contributed by atoms with Gasteiger partial charge in [0.15, 0.2) is 0 Å². The molecule has 1 fully saturated rings. The van der Waals surface area contributed by atoms with Gasteiger partial charge in [-0.25, -0.2) is 0 Å². The molecule has 1 rings (SSSR count). The molecule has 3 N–H and O–H groups in total. The average Bonchev–Trinajstić information content (AvgIpc) is 2.31. The largest absolute Gasteiger partial charge is 0.481 e. The third kappa shape index (κ3) is 2.86. The zero-order valence-corrected chi connectivity index (χ0v) is 6.29. The van der Waals surface area contributed by atoms with Gasteiger partial charge in [-0.15, -0.1) is 0 Å². The number of β-amino-alcohol motifs (C(OH)–C–C–N with tert-alkyl or cyclic N) is 1. The van der Waals surface area contributed by atoms with E-state index in [4.69, 9.17) is 10.2 Å². The van der Waals surface area contributed by atoms with Gasteiger partial charge in [-0.1, -0.05) is 0 Å². The van der Waals surface area contributed by atoms with E-state index in [9.17, 15) is 4.79 Å². The van der Waals surface area contributed by atoms with Gasteiger partial charge >= 0.3 is 5.97 Å². The van der Waals surface area contributed by atoms with Crippen LogP contribution < -0.4 is 5.32 Å². The van der Waals surface area contributed by atoms with Crippen molar-refractivity contribution in [3.63, 3.8) is 0 Å². The fourth-order valence-electron chi connectivity index (χ4n) is 1.32. The fourth-order valence-corrected chi connectivity index (χ4v) is 1.32. The second-order valence-electron chi connectivity index (χ2n) is 2.93. The Kier molecular flexibility index (Phi) is 2.84. The summed E-state index contributed by atoms with van der Waals surface area (Å²) < 4.78 is 0. The Morgan fingerprint density at radius 3 is 2.82 bits per heavy atom. The van der Waals surface area contributed by atoms with Crippen LogP contribution in [0.3, 0.4) is 0 Å². The second-order valence-corrected chi connectivity index (χ2v) is 2.93. The van der Waals surface area contributed by atoms with Crippen molar-refractivity contribution in [1.29, 1.82) is 0 Å². The third-order valence-electron chi connectivity index (χ3n) is 1.91. The Morgan fingerprint density at radius 1 is 1.64 bits per heavy atom. The molecule has 0 aliphatic carbocycles. The molecule has 0 aromatic rings. The molecule has 1 heterocycles. The normalized spacial score (nSPS) is 30.6. The first-order chi connectivity index (χ1) is 5.18. The Bertz CT molecular complexity index is 149. The minimum atomic E-state index is -0.770. The Labute approximate surface area is 65.2 Å². The smallest absolute Gasteiger partial charge is 0.303 e. The Hall–Kier alpha value is -0.610. The molecule has 0 amide bonds. The van der Waals surface area contributed by atoms with Crippen molar-refractivity contribution in [1.82, 2.24) is 5.32 Å². The van der Waals surface area contributed by atoms with Crippen molar-refractivity contribution in [2.45, 2.75) is 31.4 Å². The van der Waals surface area contributed by atoms with E-state index in [1.54, 1.807) is 0 Å². The summed E-state index contributed by atoms with van der Waals surface area (Å²) >= 11 is 0. The molecule has 0 aromatic heterocycles. The zero-order valence-electron chi connectivity index (χ0n) is 6.29. The fraction of sp³-hybridized carbons (Fsp3) is 0.857. The number of aliphatic carboxylic acids is 1. The predicted octanol–water partition coefficient (Wildman–Crippen LogP) is -0.426. The number of carboxylic acids is 1. The van der Waals surface area contributed by atoms with Crippen LogP contribution in [0.2, 0.25) is 0 Å². The van der Waals surface area contributed by atoms with E-state index in [0.29, 0.717) is 19.4 Å². The van der Waals surface area contributed by atoms with Crippen LogP contribution in [0, 0.1) is 0 Å². The van der Waals surface area contributed by atoms with E-state index in [1.807, 2.05) is 0 Å². The number of aliphatic hydroxyl groups is 1. The average molecular weight is 159 g/mol. The number of carbonyl (C=O) groups is 1. The van der Waals surface area contributed by atoms with Crippen molar-refractivity contribution < 1.29 is 15.0 Å². The summed E-state index contributed by atoms with van der Waals surface area (Å²) in [7, 11) is 0. The summed E-state index contributed by atoms with van der Waals surface area (Å²) in [4.78, 5) is 10.1. The first-order valence-corrected chi connectivity index (χ1v) is 3.81. The molecule has 4 heteroatoms. The number of hydrogen-bond donors (Lipinski definition) is 3. The molecule has 0 aromatic carbocycles. The highest BCUT2D eigenvalue weighted by Crippen LogP contribution is 2.11. The molecular formula is C7H13NO3. The van der Waals surface area contributed by atoms with Crippen LogP contribution in [0.15, 0.2) is 0 Å². The number of carboxylic acid groups (broad SMARTS) is 1. The maximum absolute atomic E-state index is 10.1. The molecule has 0 bridgehead atoms. The van der Waals surface area contributed by atoms with Crippen molar-refractivity contribution in [3.05, 3.63) is 0 Å². The first-order valence-electron chi connectivity index (χ1n) is 3.81. The maximum atomic E-state index is 10.1. The number of rotatable bonds is 3. The lowest BCUT2D eigenvalue weighted by molar-refractivity contribution is -0.137. The molecule has 11 heavy (non-hydrogen) atoms. The quantitative estimate of drug-likeness (QED) is 0.523. The molecule has 1 aliphatic rings. The Morgan fingerprint density at radius 2 is 2.36 bits per heavy atom. The molecular weight excluding hydrogens is 146 g/mol. The van der Waals surface area contributed by atoms with E-state index in [-0.39, 0.29) is 18.6 Å².